The third-order valence-electron chi connectivity index (χ3n) is 4.19. The number of halogens is 1. The number of hydrogen-bond donors (Lipinski definition) is 1. The molecule has 0 saturated heterocycles. The summed E-state index contributed by atoms with van der Waals surface area (Å²) in [4.78, 5) is 23.0. The van der Waals surface area contributed by atoms with Gasteiger partial charge in [0.2, 0.25) is 0 Å². The monoisotopic (exact) mass is 421 g/mol. The lowest BCUT2D eigenvalue weighted by Crippen LogP contribution is -2.13. The van der Waals surface area contributed by atoms with Crippen LogP contribution < -0.4 is 5.32 Å². The normalized spacial score (nSPS) is 11.1. The summed E-state index contributed by atoms with van der Waals surface area (Å²) in [5, 5.41) is 23.2. The molecular weight excluding hydrogens is 406 g/mol. The predicted octanol–water partition coefficient (Wildman–Crippen LogP) is 5.67. The molecule has 0 spiro atoms. The van der Waals surface area contributed by atoms with Crippen molar-refractivity contribution in [3.8, 4) is 17.4 Å². The lowest BCUT2D eigenvalue weighted by atomic mass is 10.1. The van der Waals surface area contributed by atoms with Crippen LogP contribution in [0.5, 0.6) is 0 Å². The van der Waals surface area contributed by atoms with E-state index in [1.165, 1.54) is 18.2 Å². The van der Waals surface area contributed by atoms with Crippen LogP contribution in [0.25, 0.3) is 17.4 Å². The molecule has 150 valence electrons. The van der Waals surface area contributed by atoms with Crippen LogP contribution in [0.4, 0.5) is 11.4 Å². The van der Waals surface area contributed by atoms with E-state index in [1.54, 1.807) is 30.3 Å². The summed E-state index contributed by atoms with van der Waals surface area (Å²) in [7, 11) is 0. The third-order valence-corrected chi connectivity index (χ3v) is 4.50. The van der Waals surface area contributed by atoms with Gasteiger partial charge in [0.05, 0.1) is 4.92 Å². The zero-order chi connectivity index (χ0) is 21.8. The number of nitro benzene ring substituents is 1. The van der Waals surface area contributed by atoms with Gasteiger partial charge in [-0.3, -0.25) is 14.9 Å². The maximum Gasteiger partial charge on any atom is 0.288 e. The first-order valence-electron chi connectivity index (χ1n) is 8.82. The molecule has 0 aliphatic carbocycles. The second kappa shape index (κ2) is 8.64. The Kier molecular flexibility index (Phi) is 6.00. The van der Waals surface area contributed by atoms with Crippen LogP contribution in [0.3, 0.4) is 0 Å². The minimum Gasteiger partial charge on any atom is -0.457 e. The predicted molar refractivity (Wildman–Crippen MR) is 114 cm³/mol. The highest BCUT2D eigenvalue weighted by Gasteiger charge is 2.16. The molecule has 0 fully saturated rings. The lowest BCUT2D eigenvalue weighted by Gasteiger charge is -2.06. The summed E-state index contributed by atoms with van der Waals surface area (Å²) in [5.41, 5.74) is 2.63. The summed E-state index contributed by atoms with van der Waals surface area (Å²) in [6, 6.07) is 14.9. The van der Waals surface area contributed by atoms with E-state index in [2.05, 4.69) is 5.32 Å². The van der Waals surface area contributed by atoms with Gasteiger partial charge in [-0.2, -0.15) is 5.26 Å². The number of aryl methyl sites for hydroxylation is 2. The molecule has 2 aromatic carbocycles. The van der Waals surface area contributed by atoms with Crippen molar-refractivity contribution < 1.29 is 14.1 Å². The van der Waals surface area contributed by atoms with E-state index in [9.17, 15) is 20.2 Å². The molecule has 7 nitrogen and oxygen atoms in total. The molecule has 0 radical (unpaired) electrons. The van der Waals surface area contributed by atoms with E-state index in [1.807, 2.05) is 26.0 Å². The van der Waals surface area contributed by atoms with Gasteiger partial charge in [-0.05, 0) is 61.4 Å². The van der Waals surface area contributed by atoms with E-state index in [0.717, 1.165) is 11.1 Å². The third kappa shape index (κ3) is 4.74. The van der Waals surface area contributed by atoms with Gasteiger partial charge in [-0.15, -0.1) is 0 Å². The minimum atomic E-state index is -0.583. The van der Waals surface area contributed by atoms with Gasteiger partial charge in [0.1, 0.15) is 28.2 Å². The minimum absolute atomic E-state index is 0.0187. The SMILES string of the molecule is Cc1cc(C)cc(NC(=O)/C(C#N)=C/c2ccc(-c3ccc(Cl)c([N+](=O)[O-])c3)o2)c1. The van der Waals surface area contributed by atoms with Gasteiger partial charge in [-0.1, -0.05) is 17.7 Å². The molecule has 0 unspecified atom stereocenters. The van der Waals surface area contributed by atoms with Crippen molar-refractivity contribution in [1.82, 2.24) is 0 Å². The number of benzene rings is 2. The number of anilines is 1. The van der Waals surface area contributed by atoms with Gasteiger partial charge in [0, 0.05) is 23.4 Å². The van der Waals surface area contributed by atoms with Crippen LogP contribution in [0.1, 0.15) is 16.9 Å². The maximum absolute atomic E-state index is 12.5. The first-order valence-corrected chi connectivity index (χ1v) is 9.20. The molecule has 30 heavy (non-hydrogen) atoms. The Labute approximate surface area is 177 Å². The van der Waals surface area contributed by atoms with Crippen molar-refractivity contribution in [1.29, 1.82) is 5.26 Å². The van der Waals surface area contributed by atoms with Crippen LogP contribution in [-0.4, -0.2) is 10.8 Å². The summed E-state index contributed by atoms with van der Waals surface area (Å²) >= 11 is 5.83. The molecule has 0 atom stereocenters. The topological polar surface area (TPSA) is 109 Å². The molecule has 1 aromatic heterocycles. The fraction of sp³-hybridized carbons (Fsp3) is 0.0909. The fourth-order valence-corrected chi connectivity index (χ4v) is 3.11. The number of nitro groups is 1. The molecule has 0 saturated carbocycles. The van der Waals surface area contributed by atoms with E-state index in [4.69, 9.17) is 16.0 Å². The molecule has 1 N–H and O–H groups in total. The number of nitrogens with zero attached hydrogens (tertiary/aromatic N) is 2. The average molecular weight is 422 g/mol. The first kappa shape index (κ1) is 20.8. The van der Waals surface area contributed by atoms with Gasteiger partial charge in [0.15, 0.2) is 0 Å². The van der Waals surface area contributed by atoms with Crippen molar-refractivity contribution >= 4 is 35.0 Å². The Hall–Kier alpha value is -3.89. The molecule has 0 aliphatic rings. The van der Waals surface area contributed by atoms with Crippen LogP contribution >= 0.6 is 11.6 Å². The van der Waals surface area contributed by atoms with Crippen LogP contribution in [0.15, 0.2) is 58.5 Å². The second-order valence-corrected chi connectivity index (χ2v) is 7.03. The van der Waals surface area contributed by atoms with Gasteiger partial charge in [-0.25, -0.2) is 0 Å². The number of hydrogen-bond acceptors (Lipinski definition) is 5. The Balaban J connectivity index is 1.85. The van der Waals surface area contributed by atoms with Crippen LogP contribution in [0.2, 0.25) is 5.02 Å². The quantitative estimate of drug-likeness (QED) is 0.247. The van der Waals surface area contributed by atoms with Crippen molar-refractivity contribution in [2.24, 2.45) is 0 Å². The van der Waals surface area contributed by atoms with Crippen molar-refractivity contribution in [3.05, 3.63) is 86.1 Å². The molecule has 1 heterocycles. The summed E-state index contributed by atoms with van der Waals surface area (Å²) in [5.74, 6) is 0.0327. The molecular formula is C22H16ClN3O4. The fourth-order valence-electron chi connectivity index (χ4n) is 2.93. The van der Waals surface area contributed by atoms with Crippen molar-refractivity contribution in [3.63, 3.8) is 0 Å². The molecule has 8 heteroatoms. The zero-order valence-electron chi connectivity index (χ0n) is 16.1. The number of carbonyl (C=O) groups excluding carboxylic acids is 1. The largest absolute Gasteiger partial charge is 0.457 e. The Morgan fingerprint density at radius 3 is 2.50 bits per heavy atom. The van der Waals surface area contributed by atoms with E-state index in [0.29, 0.717) is 17.0 Å². The summed E-state index contributed by atoms with van der Waals surface area (Å²) < 4.78 is 5.64. The van der Waals surface area contributed by atoms with Gasteiger partial charge < -0.3 is 9.73 Å². The number of furan rings is 1. The Bertz CT molecular complexity index is 1200. The highest BCUT2D eigenvalue weighted by Crippen LogP contribution is 2.31. The Morgan fingerprint density at radius 1 is 1.17 bits per heavy atom. The smallest absolute Gasteiger partial charge is 0.288 e. The average Bonchev–Trinajstić information content (AvgIpc) is 3.14. The molecule has 3 aromatic rings. The molecule has 1 amide bonds. The van der Waals surface area contributed by atoms with Crippen molar-refractivity contribution in [2.75, 3.05) is 5.32 Å². The van der Waals surface area contributed by atoms with Gasteiger partial charge in [0.25, 0.3) is 11.6 Å². The second-order valence-electron chi connectivity index (χ2n) is 6.63. The van der Waals surface area contributed by atoms with E-state index < -0.39 is 10.8 Å². The Morgan fingerprint density at radius 2 is 1.87 bits per heavy atom. The number of nitrogens with one attached hydrogen (secondary N) is 1. The van der Waals surface area contributed by atoms with E-state index >= 15 is 0 Å². The number of nitriles is 1. The van der Waals surface area contributed by atoms with Gasteiger partial charge >= 0.3 is 0 Å². The van der Waals surface area contributed by atoms with Crippen LogP contribution in [-0.2, 0) is 4.79 Å². The zero-order valence-corrected chi connectivity index (χ0v) is 16.9. The summed E-state index contributed by atoms with van der Waals surface area (Å²) in [6.45, 7) is 3.82. The standard InChI is InChI=1S/C22H16ClN3O4/c1-13-7-14(2)9-17(8-13)25-22(27)16(12-24)10-18-4-6-21(30-18)15-3-5-19(23)20(11-15)26(28)29/h3-11H,1-2H3,(H,25,27)/b16-10+. The van der Waals surface area contributed by atoms with Crippen molar-refractivity contribution in [2.45, 2.75) is 13.8 Å². The molecule has 0 bridgehead atoms. The van der Waals surface area contributed by atoms with E-state index in [-0.39, 0.29) is 22.0 Å². The number of carbonyl (C=O) groups is 1. The number of amides is 1. The molecule has 3 rings (SSSR count). The number of rotatable bonds is 5. The van der Waals surface area contributed by atoms with Crippen LogP contribution in [0, 0.1) is 35.3 Å². The highest BCUT2D eigenvalue weighted by molar-refractivity contribution is 6.32. The molecule has 0 aliphatic heterocycles. The summed E-state index contributed by atoms with van der Waals surface area (Å²) in [6.07, 6.45) is 1.31. The highest BCUT2D eigenvalue weighted by atomic mass is 35.5. The lowest BCUT2D eigenvalue weighted by molar-refractivity contribution is -0.384. The first-order chi connectivity index (χ1) is 14.3. The maximum atomic E-state index is 12.5.